The van der Waals surface area contributed by atoms with E-state index in [-0.39, 0.29) is 10.7 Å². The lowest BCUT2D eigenvalue weighted by molar-refractivity contribution is -0.122. The van der Waals surface area contributed by atoms with E-state index in [1.807, 2.05) is 64.1 Å². The Kier molecular flexibility index (Phi) is 5.61. The van der Waals surface area contributed by atoms with Crippen LogP contribution in [0, 0.1) is 27.7 Å². The predicted molar refractivity (Wildman–Crippen MR) is 145 cm³/mol. The van der Waals surface area contributed by atoms with Gasteiger partial charge in [-0.15, -0.1) is 0 Å². The number of hydrogen-bond donors (Lipinski definition) is 1. The van der Waals surface area contributed by atoms with Gasteiger partial charge in [-0.05, 0) is 92.2 Å². The maximum Gasteiger partial charge on any atom is 0.270 e. The average Bonchev–Trinajstić information content (AvgIpc) is 3.10. The Balaban J connectivity index is 1.57. The van der Waals surface area contributed by atoms with Crippen LogP contribution < -0.4 is 10.2 Å². The van der Waals surface area contributed by atoms with Gasteiger partial charge in [-0.2, -0.15) is 0 Å². The van der Waals surface area contributed by atoms with Crippen LogP contribution in [-0.4, -0.2) is 21.5 Å². The molecule has 0 saturated carbocycles. The highest BCUT2D eigenvalue weighted by molar-refractivity contribution is 7.80. The highest BCUT2D eigenvalue weighted by Gasteiger charge is 2.35. The third kappa shape index (κ3) is 3.96. The van der Waals surface area contributed by atoms with Crippen molar-refractivity contribution in [3.8, 4) is 5.69 Å². The Bertz CT molecular complexity index is 1580. The molecule has 174 valence electrons. The maximum atomic E-state index is 13.5. The lowest BCUT2D eigenvalue weighted by Gasteiger charge is -2.30. The Labute approximate surface area is 209 Å². The molecule has 6 heteroatoms. The largest absolute Gasteiger partial charge is 0.318 e. The summed E-state index contributed by atoms with van der Waals surface area (Å²) in [5.74, 6) is -0.919. The van der Waals surface area contributed by atoms with Crippen LogP contribution in [0.3, 0.4) is 0 Å². The number of benzene rings is 3. The van der Waals surface area contributed by atoms with E-state index in [1.165, 1.54) is 10.3 Å². The van der Waals surface area contributed by atoms with Crippen LogP contribution in [0.15, 0.2) is 72.3 Å². The Morgan fingerprint density at radius 2 is 1.60 bits per heavy atom. The fourth-order valence-corrected chi connectivity index (χ4v) is 5.01. The maximum absolute atomic E-state index is 13.5. The van der Waals surface area contributed by atoms with Crippen molar-refractivity contribution in [2.24, 2.45) is 0 Å². The minimum Gasteiger partial charge on any atom is -0.318 e. The SMILES string of the molecule is Cc1ccc(N2C(=O)/C(=C/c3cc(C)n(-c4ccc5ccccc5c4)c3C)C(=O)NC2=S)c(C)c1. The highest BCUT2D eigenvalue weighted by Crippen LogP contribution is 2.29. The topological polar surface area (TPSA) is 54.3 Å². The van der Waals surface area contributed by atoms with Gasteiger partial charge in [0.05, 0.1) is 5.69 Å². The molecule has 0 aliphatic carbocycles. The van der Waals surface area contributed by atoms with Crippen molar-refractivity contribution in [2.45, 2.75) is 27.7 Å². The van der Waals surface area contributed by atoms with Gasteiger partial charge in [0.1, 0.15) is 5.57 Å². The molecule has 4 aromatic rings. The molecular formula is C29H25N3O2S. The van der Waals surface area contributed by atoms with E-state index in [1.54, 1.807) is 6.08 Å². The molecule has 1 aliphatic heterocycles. The van der Waals surface area contributed by atoms with Crippen molar-refractivity contribution in [1.29, 1.82) is 0 Å². The summed E-state index contributed by atoms with van der Waals surface area (Å²) in [6.07, 6.45) is 1.66. The van der Waals surface area contributed by atoms with Gasteiger partial charge in [0.15, 0.2) is 5.11 Å². The predicted octanol–water partition coefficient (Wildman–Crippen LogP) is 5.70. The number of amides is 2. The summed E-state index contributed by atoms with van der Waals surface area (Å²) in [4.78, 5) is 27.7. The molecule has 0 spiro atoms. The van der Waals surface area contributed by atoms with Gasteiger partial charge in [-0.1, -0.05) is 48.0 Å². The number of nitrogens with one attached hydrogen (secondary N) is 1. The number of anilines is 1. The molecule has 1 N–H and O–H groups in total. The van der Waals surface area contributed by atoms with Crippen LogP contribution in [0.1, 0.15) is 28.1 Å². The van der Waals surface area contributed by atoms with E-state index in [0.717, 1.165) is 39.2 Å². The zero-order valence-electron chi connectivity index (χ0n) is 20.0. The van der Waals surface area contributed by atoms with Crippen LogP contribution >= 0.6 is 12.2 Å². The number of thiocarbonyl (C=S) groups is 1. The first kappa shape index (κ1) is 22.7. The third-order valence-electron chi connectivity index (χ3n) is 6.46. The first-order valence-corrected chi connectivity index (χ1v) is 11.8. The quantitative estimate of drug-likeness (QED) is 0.233. The molecule has 5 rings (SSSR count). The van der Waals surface area contributed by atoms with Gasteiger partial charge in [0.25, 0.3) is 11.8 Å². The number of aryl methyl sites for hydroxylation is 3. The molecule has 2 heterocycles. The fraction of sp³-hybridized carbons (Fsp3) is 0.138. The van der Waals surface area contributed by atoms with Gasteiger partial charge in [0.2, 0.25) is 0 Å². The van der Waals surface area contributed by atoms with Crippen LogP contribution in [0.4, 0.5) is 5.69 Å². The summed E-state index contributed by atoms with van der Waals surface area (Å²) in [5, 5.41) is 5.10. The second-order valence-electron chi connectivity index (χ2n) is 8.94. The first-order chi connectivity index (χ1) is 16.7. The van der Waals surface area contributed by atoms with Crippen molar-refractivity contribution in [2.75, 3.05) is 4.90 Å². The monoisotopic (exact) mass is 479 g/mol. The van der Waals surface area contributed by atoms with Gasteiger partial charge in [-0.3, -0.25) is 19.8 Å². The summed E-state index contributed by atoms with van der Waals surface area (Å²) in [5.41, 5.74) is 6.50. The number of fused-ring (bicyclic) bond motifs is 1. The molecule has 0 radical (unpaired) electrons. The number of carbonyl (C=O) groups is 2. The van der Waals surface area contributed by atoms with Crippen molar-refractivity contribution in [1.82, 2.24) is 9.88 Å². The van der Waals surface area contributed by atoms with Crippen LogP contribution in [0.5, 0.6) is 0 Å². The zero-order valence-corrected chi connectivity index (χ0v) is 20.9. The molecule has 0 bridgehead atoms. The summed E-state index contributed by atoms with van der Waals surface area (Å²) in [6.45, 7) is 7.93. The van der Waals surface area contributed by atoms with E-state index in [9.17, 15) is 9.59 Å². The van der Waals surface area contributed by atoms with Crippen LogP contribution in [0.2, 0.25) is 0 Å². The molecule has 0 atom stereocenters. The van der Waals surface area contributed by atoms with E-state index in [0.29, 0.717) is 5.69 Å². The Morgan fingerprint density at radius 3 is 2.34 bits per heavy atom. The molecule has 1 aromatic heterocycles. The molecule has 35 heavy (non-hydrogen) atoms. The zero-order chi connectivity index (χ0) is 24.9. The van der Waals surface area contributed by atoms with Crippen LogP contribution in [0.25, 0.3) is 22.5 Å². The standard InChI is InChI=1S/C29H25N3O2S/c1-17-9-12-26(18(2)13-17)32-28(34)25(27(33)30-29(32)35)16-23-14-19(3)31(20(23)4)24-11-10-21-7-5-6-8-22(21)15-24/h5-16H,1-4H3,(H,30,33,35)/b25-16+. The average molecular weight is 480 g/mol. The van der Waals surface area contributed by atoms with Crippen LogP contribution in [-0.2, 0) is 9.59 Å². The number of aromatic nitrogens is 1. The molecule has 1 fully saturated rings. The molecule has 2 amide bonds. The fourth-order valence-electron chi connectivity index (χ4n) is 4.73. The number of hydrogen-bond acceptors (Lipinski definition) is 3. The van der Waals surface area contributed by atoms with E-state index in [2.05, 4.69) is 40.2 Å². The van der Waals surface area contributed by atoms with E-state index in [4.69, 9.17) is 12.2 Å². The Morgan fingerprint density at radius 1 is 0.857 bits per heavy atom. The summed E-state index contributed by atoms with van der Waals surface area (Å²) in [7, 11) is 0. The minimum atomic E-state index is -0.489. The molecule has 3 aromatic carbocycles. The molecule has 1 aliphatic rings. The van der Waals surface area contributed by atoms with Crippen molar-refractivity contribution in [3.63, 3.8) is 0 Å². The van der Waals surface area contributed by atoms with Gasteiger partial charge in [0, 0.05) is 17.1 Å². The second kappa shape index (κ2) is 8.64. The normalized spacial score (nSPS) is 15.3. The number of nitrogens with zero attached hydrogens (tertiary/aromatic N) is 2. The van der Waals surface area contributed by atoms with Crippen molar-refractivity contribution in [3.05, 3.63) is 100 Å². The minimum absolute atomic E-state index is 0.0531. The third-order valence-corrected chi connectivity index (χ3v) is 6.74. The van der Waals surface area contributed by atoms with Crippen molar-refractivity contribution >= 4 is 51.7 Å². The van der Waals surface area contributed by atoms with Gasteiger partial charge >= 0.3 is 0 Å². The van der Waals surface area contributed by atoms with Crippen molar-refractivity contribution < 1.29 is 9.59 Å². The first-order valence-electron chi connectivity index (χ1n) is 11.4. The summed E-state index contributed by atoms with van der Waals surface area (Å²) < 4.78 is 2.14. The summed E-state index contributed by atoms with van der Waals surface area (Å²) >= 11 is 5.37. The molecule has 1 saturated heterocycles. The van der Waals surface area contributed by atoms with Gasteiger partial charge < -0.3 is 4.57 Å². The molecular weight excluding hydrogens is 454 g/mol. The molecule has 0 unspecified atom stereocenters. The van der Waals surface area contributed by atoms with E-state index < -0.39 is 11.8 Å². The molecule has 5 nitrogen and oxygen atoms in total. The lowest BCUT2D eigenvalue weighted by atomic mass is 10.0. The number of carbonyl (C=O) groups excluding carboxylic acids is 2. The highest BCUT2D eigenvalue weighted by atomic mass is 32.1. The van der Waals surface area contributed by atoms with E-state index >= 15 is 0 Å². The second-order valence-corrected chi connectivity index (χ2v) is 9.33. The number of rotatable bonds is 3. The smallest absolute Gasteiger partial charge is 0.270 e. The van der Waals surface area contributed by atoms with Gasteiger partial charge in [-0.25, -0.2) is 0 Å². The summed E-state index contributed by atoms with van der Waals surface area (Å²) in [6, 6.07) is 22.3. The lowest BCUT2D eigenvalue weighted by Crippen LogP contribution is -2.54. The Hall–Kier alpha value is -4.03.